The largest absolute Gasteiger partial charge is 0.337 e. The molecule has 0 unspecified atom stereocenters. The van der Waals surface area contributed by atoms with E-state index in [2.05, 4.69) is 6.92 Å². The molecule has 0 saturated heterocycles. The number of hydrogen-bond donors (Lipinski definition) is 0. The molecule has 0 aliphatic heterocycles. The zero-order valence-corrected chi connectivity index (χ0v) is 16.3. The lowest BCUT2D eigenvalue weighted by Crippen LogP contribution is -2.19. The van der Waals surface area contributed by atoms with Gasteiger partial charge in [0.25, 0.3) is 0 Å². The van der Waals surface area contributed by atoms with E-state index in [-0.39, 0.29) is 17.4 Å². The maximum absolute atomic E-state index is 13.3. The maximum atomic E-state index is 13.3. The highest BCUT2D eigenvalue weighted by Gasteiger charge is 2.59. The van der Waals surface area contributed by atoms with Gasteiger partial charge in [0.05, 0.1) is 17.4 Å². The van der Waals surface area contributed by atoms with Gasteiger partial charge >= 0.3 is 7.60 Å². The molecule has 1 aliphatic carbocycles. The van der Waals surface area contributed by atoms with Crippen molar-refractivity contribution in [3.8, 4) is 0 Å². The molecule has 0 aromatic heterocycles. The summed E-state index contributed by atoms with van der Waals surface area (Å²) in [7, 11) is -2.99. The summed E-state index contributed by atoms with van der Waals surface area (Å²) in [6.45, 7) is 10.0. The molecule has 1 aliphatic rings. The molecule has 0 bridgehead atoms. The van der Waals surface area contributed by atoms with Crippen molar-refractivity contribution in [2.24, 2.45) is 0 Å². The predicted molar refractivity (Wildman–Crippen MR) is 94.6 cm³/mol. The predicted octanol–water partition coefficient (Wildman–Crippen LogP) is 6.70. The van der Waals surface area contributed by atoms with Crippen LogP contribution in [0.25, 0.3) is 0 Å². The van der Waals surface area contributed by atoms with Crippen LogP contribution in [0.4, 0.5) is 0 Å². The SMILES string of the molecule is CCCCCCCCCC1(P(=O)(OC(C)C)OC(C)C)CC1. The van der Waals surface area contributed by atoms with Crippen molar-refractivity contribution in [3.63, 3.8) is 0 Å². The molecule has 0 aromatic rings. The second kappa shape index (κ2) is 9.45. The Kier molecular flexibility index (Phi) is 8.67. The van der Waals surface area contributed by atoms with Crippen LogP contribution >= 0.6 is 7.60 Å². The number of hydrogen-bond acceptors (Lipinski definition) is 3. The summed E-state index contributed by atoms with van der Waals surface area (Å²) < 4.78 is 24.9. The molecular formula is C18H37O3P. The van der Waals surface area contributed by atoms with Gasteiger partial charge in [-0.1, -0.05) is 51.9 Å². The van der Waals surface area contributed by atoms with E-state index in [1.54, 1.807) is 0 Å². The quantitative estimate of drug-likeness (QED) is 0.278. The van der Waals surface area contributed by atoms with Crippen molar-refractivity contribution in [1.29, 1.82) is 0 Å². The summed E-state index contributed by atoms with van der Waals surface area (Å²) >= 11 is 0. The first kappa shape index (κ1) is 20.2. The van der Waals surface area contributed by atoms with Gasteiger partial charge in [-0.25, -0.2) is 0 Å². The standard InChI is InChI=1S/C18H37O3P/c1-6-7-8-9-10-11-12-13-18(14-15-18)22(19,20-16(2)3)21-17(4)5/h16-17H,6-15H2,1-5H3. The Hall–Kier alpha value is 0.150. The average molecular weight is 332 g/mol. The number of rotatable bonds is 13. The molecule has 22 heavy (non-hydrogen) atoms. The maximum Gasteiger partial charge on any atom is 0.337 e. The van der Waals surface area contributed by atoms with Crippen LogP contribution in [0.2, 0.25) is 0 Å². The number of unbranched alkanes of at least 4 members (excludes halogenated alkanes) is 6. The first-order chi connectivity index (χ1) is 10.4. The van der Waals surface area contributed by atoms with Crippen LogP contribution in [-0.4, -0.2) is 17.4 Å². The Morgan fingerprint density at radius 1 is 0.864 bits per heavy atom. The average Bonchev–Trinajstić information content (AvgIpc) is 3.17. The third-order valence-electron chi connectivity index (χ3n) is 4.35. The normalized spacial score (nSPS) is 17.4. The van der Waals surface area contributed by atoms with E-state index in [0.29, 0.717) is 0 Å². The zero-order valence-electron chi connectivity index (χ0n) is 15.4. The highest BCUT2D eigenvalue weighted by atomic mass is 31.2. The van der Waals surface area contributed by atoms with Crippen LogP contribution in [0.1, 0.15) is 98.8 Å². The fraction of sp³-hybridized carbons (Fsp3) is 1.00. The van der Waals surface area contributed by atoms with Crippen LogP contribution in [0.15, 0.2) is 0 Å². The summed E-state index contributed by atoms with van der Waals surface area (Å²) in [4.78, 5) is 0. The van der Waals surface area contributed by atoms with Gasteiger partial charge in [-0.3, -0.25) is 4.57 Å². The van der Waals surface area contributed by atoms with Gasteiger partial charge in [-0.15, -0.1) is 0 Å². The van der Waals surface area contributed by atoms with Gasteiger partial charge in [0.1, 0.15) is 0 Å². The van der Waals surface area contributed by atoms with Crippen molar-refractivity contribution >= 4 is 7.60 Å². The topological polar surface area (TPSA) is 35.5 Å². The molecule has 4 heteroatoms. The molecule has 0 atom stereocenters. The minimum atomic E-state index is -2.99. The highest BCUT2D eigenvalue weighted by Crippen LogP contribution is 2.74. The molecule has 0 aromatic carbocycles. The molecule has 3 nitrogen and oxygen atoms in total. The first-order valence-electron chi connectivity index (χ1n) is 9.32. The Morgan fingerprint density at radius 3 is 1.73 bits per heavy atom. The Bertz CT molecular complexity index is 334. The molecule has 0 N–H and O–H groups in total. The third kappa shape index (κ3) is 6.34. The molecule has 0 radical (unpaired) electrons. The molecule has 132 valence electrons. The van der Waals surface area contributed by atoms with Crippen LogP contribution in [0.5, 0.6) is 0 Å². The van der Waals surface area contributed by atoms with E-state index >= 15 is 0 Å². The van der Waals surface area contributed by atoms with E-state index < -0.39 is 7.60 Å². The first-order valence-corrected chi connectivity index (χ1v) is 10.9. The summed E-state index contributed by atoms with van der Waals surface area (Å²) in [6.07, 6.45) is 11.9. The third-order valence-corrected chi connectivity index (χ3v) is 7.58. The van der Waals surface area contributed by atoms with Gasteiger partial charge in [-0.05, 0) is 47.0 Å². The van der Waals surface area contributed by atoms with Crippen molar-refractivity contribution in [2.45, 2.75) is 116 Å². The Labute approximate surface area is 138 Å². The molecule has 1 rings (SSSR count). The fourth-order valence-corrected chi connectivity index (χ4v) is 5.72. The zero-order chi connectivity index (χ0) is 16.6. The summed E-state index contributed by atoms with van der Waals surface area (Å²) in [5, 5.41) is -0.176. The van der Waals surface area contributed by atoms with Crippen LogP contribution < -0.4 is 0 Å². The van der Waals surface area contributed by atoms with E-state index in [9.17, 15) is 4.57 Å². The smallest absolute Gasteiger partial charge is 0.305 e. The second-order valence-corrected chi connectivity index (χ2v) is 9.77. The molecule has 1 saturated carbocycles. The van der Waals surface area contributed by atoms with Crippen molar-refractivity contribution in [2.75, 3.05) is 0 Å². The van der Waals surface area contributed by atoms with Crippen molar-refractivity contribution in [3.05, 3.63) is 0 Å². The fourth-order valence-electron chi connectivity index (χ4n) is 3.02. The van der Waals surface area contributed by atoms with E-state index in [1.807, 2.05) is 27.7 Å². The van der Waals surface area contributed by atoms with Crippen LogP contribution in [-0.2, 0) is 13.6 Å². The van der Waals surface area contributed by atoms with E-state index in [1.165, 1.54) is 38.5 Å². The van der Waals surface area contributed by atoms with Gasteiger partial charge < -0.3 is 9.05 Å². The molecule has 1 fully saturated rings. The van der Waals surface area contributed by atoms with Crippen LogP contribution in [0.3, 0.4) is 0 Å². The van der Waals surface area contributed by atoms with E-state index in [4.69, 9.17) is 9.05 Å². The van der Waals surface area contributed by atoms with Crippen molar-refractivity contribution < 1.29 is 13.6 Å². The van der Waals surface area contributed by atoms with Gasteiger partial charge in [0.15, 0.2) is 0 Å². The highest BCUT2D eigenvalue weighted by molar-refractivity contribution is 7.56. The van der Waals surface area contributed by atoms with Gasteiger partial charge in [0.2, 0.25) is 0 Å². The Morgan fingerprint density at radius 2 is 1.32 bits per heavy atom. The summed E-state index contributed by atoms with van der Waals surface area (Å²) in [5.41, 5.74) is 0. The lowest BCUT2D eigenvalue weighted by molar-refractivity contribution is 0.133. The molecule has 0 spiro atoms. The second-order valence-electron chi connectivity index (χ2n) is 7.40. The van der Waals surface area contributed by atoms with Gasteiger partial charge in [0, 0.05) is 0 Å². The van der Waals surface area contributed by atoms with Gasteiger partial charge in [-0.2, -0.15) is 0 Å². The molecule has 0 amide bonds. The monoisotopic (exact) mass is 332 g/mol. The minimum Gasteiger partial charge on any atom is -0.305 e. The van der Waals surface area contributed by atoms with Crippen LogP contribution in [0, 0.1) is 0 Å². The Balaban J connectivity index is 2.43. The minimum absolute atomic E-state index is 0.0453. The lowest BCUT2D eigenvalue weighted by Gasteiger charge is -2.30. The van der Waals surface area contributed by atoms with E-state index in [0.717, 1.165) is 25.7 Å². The summed E-state index contributed by atoms with van der Waals surface area (Å²) in [5.74, 6) is 0. The summed E-state index contributed by atoms with van der Waals surface area (Å²) in [6, 6.07) is 0. The molecular weight excluding hydrogens is 295 g/mol. The molecule has 0 heterocycles. The lowest BCUT2D eigenvalue weighted by atomic mass is 10.1. The van der Waals surface area contributed by atoms with Crippen molar-refractivity contribution in [1.82, 2.24) is 0 Å².